The summed E-state index contributed by atoms with van der Waals surface area (Å²) < 4.78 is 5.24. The number of carbonyl (C=O) groups is 1. The van der Waals surface area contributed by atoms with Crippen LogP contribution in [0.5, 0.6) is 0 Å². The Labute approximate surface area is 93.1 Å². The van der Waals surface area contributed by atoms with Crippen LogP contribution >= 0.6 is 0 Å². The van der Waals surface area contributed by atoms with E-state index in [4.69, 9.17) is 4.74 Å². The third-order valence-electron chi connectivity index (χ3n) is 1.71. The van der Waals surface area contributed by atoms with Crippen LogP contribution in [0.2, 0.25) is 0 Å². The molecule has 0 heterocycles. The van der Waals surface area contributed by atoms with Gasteiger partial charge in [-0.25, -0.2) is 0 Å². The van der Waals surface area contributed by atoms with E-state index in [0.29, 0.717) is 6.54 Å². The molecule has 0 atom stereocenters. The van der Waals surface area contributed by atoms with Gasteiger partial charge in [-0.05, 0) is 34.2 Å². The Morgan fingerprint density at radius 1 is 1.33 bits per heavy atom. The van der Waals surface area contributed by atoms with Crippen LogP contribution in [0, 0.1) is 0 Å². The molecule has 0 aliphatic carbocycles. The average molecular weight is 213 g/mol. The number of ether oxygens (including phenoxy) is 1. The van der Waals surface area contributed by atoms with Crippen molar-refractivity contribution in [3.05, 3.63) is 12.2 Å². The molecule has 3 nitrogen and oxygen atoms in total. The monoisotopic (exact) mass is 213 g/mol. The molecule has 0 amide bonds. The first kappa shape index (κ1) is 14.2. The first-order valence-electron chi connectivity index (χ1n) is 5.33. The second kappa shape index (κ2) is 5.91. The van der Waals surface area contributed by atoms with Crippen LogP contribution < -0.4 is 0 Å². The average Bonchev–Trinajstić information content (AvgIpc) is 1.98. The number of esters is 1. The molecule has 15 heavy (non-hydrogen) atoms. The van der Waals surface area contributed by atoms with Gasteiger partial charge in [0.15, 0.2) is 0 Å². The van der Waals surface area contributed by atoms with E-state index in [1.165, 1.54) is 0 Å². The quantitative estimate of drug-likeness (QED) is 0.518. The number of rotatable bonds is 5. The van der Waals surface area contributed by atoms with Gasteiger partial charge in [-0.2, -0.15) is 0 Å². The molecule has 0 unspecified atom stereocenters. The molecule has 0 fully saturated rings. The molecule has 0 aliphatic heterocycles. The van der Waals surface area contributed by atoms with Crippen molar-refractivity contribution in [3.8, 4) is 0 Å². The van der Waals surface area contributed by atoms with E-state index in [-0.39, 0.29) is 5.97 Å². The van der Waals surface area contributed by atoms with Crippen molar-refractivity contribution >= 4 is 5.97 Å². The van der Waals surface area contributed by atoms with Gasteiger partial charge in [0.25, 0.3) is 0 Å². The predicted octanol–water partition coefficient (Wildman–Crippen LogP) is 2.23. The number of carbonyl (C=O) groups excluding carboxylic acids is 1. The van der Waals surface area contributed by atoms with Crippen molar-refractivity contribution in [2.24, 2.45) is 0 Å². The van der Waals surface area contributed by atoms with Crippen molar-refractivity contribution in [1.82, 2.24) is 4.90 Å². The number of hydrogen-bond acceptors (Lipinski definition) is 3. The molecule has 0 aromatic carbocycles. The van der Waals surface area contributed by atoms with Gasteiger partial charge >= 0.3 is 5.97 Å². The minimum Gasteiger partial charge on any atom is -0.459 e. The van der Waals surface area contributed by atoms with Gasteiger partial charge in [-0.15, -0.1) is 0 Å². The lowest BCUT2D eigenvalue weighted by atomic mass is 10.2. The van der Waals surface area contributed by atoms with E-state index in [1.807, 2.05) is 39.5 Å². The van der Waals surface area contributed by atoms with E-state index in [9.17, 15) is 4.79 Å². The van der Waals surface area contributed by atoms with Gasteiger partial charge in [0.2, 0.25) is 0 Å². The summed E-state index contributed by atoms with van der Waals surface area (Å²) >= 11 is 0. The molecule has 0 rings (SSSR count). The summed E-state index contributed by atoms with van der Waals surface area (Å²) in [6.07, 6.45) is 0. The molecular weight excluding hydrogens is 190 g/mol. The van der Waals surface area contributed by atoms with Crippen LogP contribution in [0.4, 0.5) is 0 Å². The maximum atomic E-state index is 11.5. The van der Waals surface area contributed by atoms with Crippen LogP contribution in [0.25, 0.3) is 0 Å². The van der Waals surface area contributed by atoms with E-state index in [0.717, 1.165) is 18.7 Å². The number of likely N-dealkylation sites (N-methyl/N-ethyl adjacent to an activating group) is 1. The van der Waals surface area contributed by atoms with Crippen LogP contribution in [-0.2, 0) is 9.53 Å². The topological polar surface area (TPSA) is 29.5 Å². The van der Waals surface area contributed by atoms with Crippen molar-refractivity contribution in [1.29, 1.82) is 0 Å². The Balaban J connectivity index is 4.07. The molecule has 0 aromatic heterocycles. The van der Waals surface area contributed by atoms with E-state index in [1.54, 1.807) is 0 Å². The van der Waals surface area contributed by atoms with Crippen LogP contribution in [0.1, 0.15) is 34.6 Å². The van der Waals surface area contributed by atoms with Crippen LogP contribution in [-0.4, -0.2) is 36.1 Å². The van der Waals surface area contributed by atoms with Crippen LogP contribution in [0.15, 0.2) is 12.2 Å². The normalized spacial score (nSPS) is 11.6. The molecule has 0 radical (unpaired) electrons. The molecule has 0 N–H and O–H groups in total. The summed E-state index contributed by atoms with van der Waals surface area (Å²) in [7, 11) is 0. The molecule has 0 aromatic rings. The highest BCUT2D eigenvalue weighted by Crippen LogP contribution is 2.07. The zero-order valence-electron chi connectivity index (χ0n) is 10.6. The predicted molar refractivity (Wildman–Crippen MR) is 62.8 cm³/mol. The molecule has 3 heteroatoms. The van der Waals surface area contributed by atoms with Crippen molar-refractivity contribution in [3.63, 3.8) is 0 Å². The Hall–Kier alpha value is -0.830. The first-order chi connectivity index (χ1) is 6.74. The summed E-state index contributed by atoms with van der Waals surface area (Å²) in [4.78, 5) is 13.5. The fourth-order valence-corrected chi connectivity index (χ4v) is 1.22. The smallest absolute Gasteiger partial charge is 0.320 e. The lowest BCUT2D eigenvalue weighted by molar-refractivity contribution is -0.155. The van der Waals surface area contributed by atoms with E-state index in [2.05, 4.69) is 6.58 Å². The molecule has 0 saturated carbocycles. The Morgan fingerprint density at radius 3 is 2.20 bits per heavy atom. The summed E-state index contributed by atoms with van der Waals surface area (Å²) in [5.41, 5.74) is 0.653. The number of hydrogen-bond donors (Lipinski definition) is 0. The molecule has 0 aliphatic rings. The molecular formula is C12H23NO2. The molecule has 88 valence electrons. The van der Waals surface area contributed by atoms with E-state index < -0.39 is 5.60 Å². The maximum absolute atomic E-state index is 11.5. The number of nitrogens with zero attached hydrogens (tertiary/aromatic N) is 1. The summed E-state index contributed by atoms with van der Waals surface area (Å²) in [6, 6.07) is 0. The highest BCUT2D eigenvalue weighted by molar-refractivity contribution is 5.72. The molecule has 0 bridgehead atoms. The first-order valence-corrected chi connectivity index (χ1v) is 5.33. The molecule has 0 saturated heterocycles. The zero-order chi connectivity index (χ0) is 12.1. The second-order valence-corrected chi connectivity index (χ2v) is 4.85. The SMILES string of the molecule is C=C(C)CN(CC)CC(=O)OC(C)(C)C. The van der Waals surface area contributed by atoms with Gasteiger partial charge in [0.1, 0.15) is 5.60 Å². The third kappa shape index (κ3) is 8.18. The third-order valence-corrected chi connectivity index (χ3v) is 1.71. The minimum atomic E-state index is -0.403. The zero-order valence-corrected chi connectivity index (χ0v) is 10.6. The fraction of sp³-hybridized carbons (Fsp3) is 0.750. The summed E-state index contributed by atoms with van der Waals surface area (Å²) in [5.74, 6) is -0.175. The van der Waals surface area contributed by atoms with Crippen molar-refractivity contribution in [2.75, 3.05) is 19.6 Å². The minimum absolute atomic E-state index is 0.175. The summed E-state index contributed by atoms with van der Waals surface area (Å²) in [5, 5.41) is 0. The maximum Gasteiger partial charge on any atom is 0.320 e. The van der Waals surface area contributed by atoms with Gasteiger partial charge in [0, 0.05) is 6.54 Å². The lowest BCUT2D eigenvalue weighted by Crippen LogP contribution is -2.35. The lowest BCUT2D eigenvalue weighted by Gasteiger charge is -2.24. The Morgan fingerprint density at radius 2 is 1.87 bits per heavy atom. The van der Waals surface area contributed by atoms with Gasteiger partial charge in [-0.3, -0.25) is 9.69 Å². The van der Waals surface area contributed by atoms with Crippen molar-refractivity contribution < 1.29 is 9.53 Å². The van der Waals surface area contributed by atoms with E-state index >= 15 is 0 Å². The van der Waals surface area contributed by atoms with Gasteiger partial charge < -0.3 is 4.74 Å². The van der Waals surface area contributed by atoms with Crippen LogP contribution in [0.3, 0.4) is 0 Å². The highest BCUT2D eigenvalue weighted by atomic mass is 16.6. The Bertz CT molecular complexity index is 228. The second-order valence-electron chi connectivity index (χ2n) is 4.85. The highest BCUT2D eigenvalue weighted by Gasteiger charge is 2.18. The summed E-state index contributed by atoms with van der Waals surface area (Å²) in [6.45, 7) is 15.3. The van der Waals surface area contributed by atoms with Gasteiger partial charge in [0.05, 0.1) is 6.54 Å². The standard InChI is InChI=1S/C12H23NO2/c1-7-13(8-10(2)3)9-11(14)15-12(4,5)6/h2,7-9H2,1,3-6H3. The fourth-order valence-electron chi connectivity index (χ4n) is 1.22. The Kier molecular flexibility index (Phi) is 5.58. The molecule has 0 spiro atoms. The largest absolute Gasteiger partial charge is 0.459 e. The van der Waals surface area contributed by atoms with Gasteiger partial charge in [-0.1, -0.05) is 19.1 Å². The van der Waals surface area contributed by atoms with Crippen molar-refractivity contribution in [2.45, 2.75) is 40.2 Å².